The highest BCUT2D eigenvalue weighted by molar-refractivity contribution is 7.11. The first kappa shape index (κ1) is 15.0. The fourth-order valence-corrected chi connectivity index (χ4v) is 4.11. The van der Waals surface area contributed by atoms with Gasteiger partial charge in [-0.3, -0.25) is 4.90 Å². The average molecular weight is 280 g/mol. The summed E-state index contributed by atoms with van der Waals surface area (Å²) in [5, 5.41) is 3.75. The van der Waals surface area contributed by atoms with Crippen molar-refractivity contribution in [1.82, 2.24) is 10.2 Å². The van der Waals surface area contributed by atoms with Gasteiger partial charge in [0.05, 0.1) is 0 Å². The van der Waals surface area contributed by atoms with Gasteiger partial charge in [-0.05, 0) is 45.2 Å². The van der Waals surface area contributed by atoms with Crippen molar-refractivity contribution in [3.63, 3.8) is 0 Å². The van der Waals surface area contributed by atoms with Crippen molar-refractivity contribution >= 4 is 11.3 Å². The van der Waals surface area contributed by atoms with E-state index in [2.05, 4.69) is 50.0 Å². The second kappa shape index (κ2) is 6.38. The Morgan fingerprint density at radius 3 is 2.68 bits per heavy atom. The molecule has 2 nitrogen and oxygen atoms in total. The lowest BCUT2D eigenvalue weighted by Crippen LogP contribution is -2.61. The first-order valence-electron chi connectivity index (χ1n) is 7.63. The van der Waals surface area contributed by atoms with Crippen LogP contribution >= 0.6 is 11.3 Å². The summed E-state index contributed by atoms with van der Waals surface area (Å²) in [6, 6.07) is 5.19. The molecule has 2 heterocycles. The molecule has 1 aromatic heterocycles. The van der Waals surface area contributed by atoms with Crippen molar-refractivity contribution in [1.29, 1.82) is 0 Å². The first-order chi connectivity index (χ1) is 9.08. The minimum Gasteiger partial charge on any atom is -0.309 e. The van der Waals surface area contributed by atoms with Gasteiger partial charge in [-0.15, -0.1) is 11.3 Å². The highest BCUT2D eigenvalue weighted by Gasteiger charge is 2.33. The smallest absolute Gasteiger partial charge is 0.0304 e. The van der Waals surface area contributed by atoms with E-state index in [9.17, 15) is 0 Å². The number of aryl methyl sites for hydroxylation is 1. The fraction of sp³-hybridized carbons (Fsp3) is 0.750. The maximum Gasteiger partial charge on any atom is 0.0304 e. The van der Waals surface area contributed by atoms with Crippen LogP contribution in [0.15, 0.2) is 12.1 Å². The third-order valence-electron chi connectivity index (χ3n) is 4.67. The summed E-state index contributed by atoms with van der Waals surface area (Å²) in [4.78, 5) is 5.64. The van der Waals surface area contributed by atoms with E-state index in [0.29, 0.717) is 11.6 Å². The van der Waals surface area contributed by atoms with E-state index in [1.807, 2.05) is 11.3 Å². The van der Waals surface area contributed by atoms with Crippen molar-refractivity contribution in [2.24, 2.45) is 0 Å². The second-order valence-corrected chi connectivity index (χ2v) is 7.32. The van der Waals surface area contributed by atoms with Crippen LogP contribution in [0.25, 0.3) is 0 Å². The molecule has 0 aromatic carbocycles. The zero-order chi connectivity index (χ0) is 13.9. The maximum atomic E-state index is 3.75. The van der Waals surface area contributed by atoms with Crippen LogP contribution in [-0.4, -0.2) is 36.1 Å². The normalized spacial score (nSPS) is 21.5. The molecule has 1 atom stereocenters. The molecule has 1 N–H and O–H groups in total. The number of hydrogen-bond donors (Lipinski definition) is 1. The molecule has 1 aromatic rings. The topological polar surface area (TPSA) is 15.3 Å². The Morgan fingerprint density at radius 2 is 2.11 bits per heavy atom. The van der Waals surface area contributed by atoms with Gasteiger partial charge in [0.2, 0.25) is 0 Å². The van der Waals surface area contributed by atoms with Crippen LogP contribution in [-0.2, 0) is 6.42 Å². The van der Waals surface area contributed by atoms with Gasteiger partial charge in [-0.25, -0.2) is 0 Å². The van der Waals surface area contributed by atoms with E-state index < -0.39 is 0 Å². The van der Waals surface area contributed by atoms with E-state index in [0.717, 1.165) is 6.54 Å². The van der Waals surface area contributed by atoms with Gasteiger partial charge in [0.15, 0.2) is 0 Å². The summed E-state index contributed by atoms with van der Waals surface area (Å²) in [6.45, 7) is 12.7. The molecule has 2 rings (SSSR count). The minimum atomic E-state index is 0.345. The Labute approximate surface area is 122 Å². The van der Waals surface area contributed by atoms with Gasteiger partial charge in [-0.1, -0.05) is 13.8 Å². The number of piperazine rings is 1. The quantitative estimate of drug-likeness (QED) is 0.888. The molecule has 3 heteroatoms. The molecule has 19 heavy (non-hydrogen) atoms. The molecule has 1 fully saturated rings. The number of nitrogens with one attached hydrogen (secondary N) is 1. The predicted molar refractivity (Wildman–Crippen MR) is 85.1 cm³/mol. The SMILES string of the molecule is CCC1(CC)CN(C(C)Cc2ccc(C)s2)CCN1. The van der Waals surface area contributed by atoms with Crippen molar-refractivity contribution in [2.75, 3.05) is 19.6 Å². The van der Waals surface area contributed by atoms with Crippen LogP contribution in [0.4, 0.5) is 0 Å². The Kier molecular flexibility index (Phi) is 5.04. The van der Waals surface area contributed by atoms with Crippen LogP contribution in [0.1, 0.15) is 43.4 Å². The van der Waals surface area contributed by atoms with Crippen LogP contribution in [0.3, 0.4) is 0 Å². The van der Waals surface area contributed by atoms with Crippen molar-refractivity contribution < 1.29 is 0 Å². The van der Waals surface area contributed by atoms with E-state index in [1.165, 1.54) is 42.1 Å². The summed E-state index contributed by atoms with van der Waals surface area (Å²) in [5.74, 6) is 0. The Hall–Kier alpha value is -0.380. The van der Waals surface area contributed by atoms with Crippen molar-refractivity contribution in [2.45, 2.75) is 58.5 Å². The lowest BCUT2D eigenvalue weighted by atomic mass is 9.89. The van der Waals surface area contributed by atoms with E-state index in [-0.39, 0.29) is 0 Å². The molecular formula is C16H28N2S. The molecule has 1 aliphatic heterocycles. The van der Waals surface area contributed by atoms with Crippen molar-refractivity contribution in [3.8, 4) is 0 Å². The van der Waals surface area contributed by atoms with Crippen LogP contribution in [0.2, 0.25) is 0 Å². The monoisotopic (exact) mass is 280 g/mol. The summed E-state index contributed by atoms with van der Waals surface area (Å²) in [7, 11) is 0. The van der Waals surface area contributed by atoms with E-state index in [1.54, 1.807) is 0 Å². The van der Waals surface area contributed by atoms with Gasteiger partial charge in [0, 0.05) is 41.0 Å². The van der Waals surface area contributed by atoms with E-state index in [4.69, 9.17) is 0 Å². The molecule has 0 aliphatic carbocycles. The molecule has 0 saturated carbocycles. The highest BCUT2D eigenvalue weighted by atomic mass is 32.1. The highest BCUT2D eigenvalue weighted by Crippen LogP contribution is 2.24. The van der Waals surface area contributed by atoms with Gasteiger partial charge in [0.25, 0.3) is 0 Å². The van der Waals surface area contributed by atoms with Gasteiger partial charge in [0.1, 0.15) is 0 Å². The standard InChI is InChI=1S/C16H28N2S/c1-5-16(6-2)12-18(10-9-17-16)13(3)11-15-8-7-14(4)19-15/h7-8,13,17H,5-6,9-12H2,1-4H3. The Balaban J connectivity index is 1.97. The molecule has 108 valence electrons. The lowest BCUT2D eigenvalue weighted by molar-refractivity contribution is 0.0922. The zero-order valence-corrected chi connectivity index (χ0v) is 13.6. The summed E-state index contributed by atoms with van der Waals surface area (Å²) in [5.41, 5.74) is 0.345. The van der Waals surface area contributed by atoms with Crippen LogP contribution in [0, 0.1) is 6.92 Å². The molecule has 0 spiro atoms. The first-order valence-corrected chi connectivity index (χ1v) is 8.44. The molecular weight excluding hydrogens is 252 g/mol. The Morgan fingerprint density at radius 1 is 1.37 bits per heavy atom. The molecule has 1 aliphatic rings. The third-order valence-corrected chi connectivity index (χ3v) is 5.70. The maximum absolute atomic E-state index is 3.75. The van der Waals surface area contributed by atoms with Gasteiger partial charge < -0.3 is 5.32 Å². The summed E-state index contributed by atoms with van der Waals surface area (Å²) < 4.78 is 0. The molecule has 0 amide bonds. The number of nitrogens with zero attached hydrogens (tertiary/aromatic N) is 1. The molecule has 1 saturated heterocycles. The fourth-order valence-electron chi connectivity index (χ4n) is 3.10. The van der Waals surface area contributed by atoms with Crippen LogP contribution in [0.5, 0.6) is 0 Å². The lowest BCUT2D eigenvalue weighted by Gasteiger charge is -2.45. The zero-order valence-electron chi connectivity index (χ0n) is 12.8. The van der Waals surface area contributed by atoms with Gasteiger partial charge in [-0.2, -0.15) is 0 Å². The molecule has 0 bridgehead atoms. The number of thiophene rings is 1. The molecule has 1 unspecified atom stereocenters. The van der Waals surface area contributed by atoms with Crippen molar-refractivity contribution in [3.05, 3.63) is 21.9 Å². The second-order valence-electron chi connectivity index (χ2n) is 5.95. The molecule has 0 radical (unpaired) electrons. The predicted octanol–water partition coefficient (Wildman–Crippen LogP) is 3.45. The number of rotatable bonds is 5. The largest absolute Gasteiger partial charge is 0.309 e. The summed E-state index contributed by atoms with van der Waals surface area (Å²) >= 11 is 1.95. The minimum absolute atomic E-state index is 0.345. The third kappa shape index (κ3) is 3.59. The van der Waals surface area contributed by atoms with Crippen LogP contribution < -0.4 is 5.32 Å². The van der Waals surface area contributed by atoms with Gasteiger partial charge >= 0.3 is 0 Å². The summed E-state index contributed by atoms with van der Waals surface area (Å²) in [6.07, 6.45) is 3.65. The Bertz CT molecular complexity index is 395. The van der Waals surface area contributed by atoms with E-state index >= 15 is 0 Å². The number of hydrogen-bond acceptors (Lipinski definition) is 3. The average Bonchev–Trinajstić information content (AvgIpc) is 2.84.